The lowest BCUT2D eigenvalue weighted by Gasteiger charge is -2.04. The van der Waals surface area contributed by atoms with Crippen LogP contribution in [0.2, 0.25) is 0 Å². The van der Waals surface area contributed by atoms with Gasteiger partial charge in [0.15, 0.2) is 0 Å². The van der Waals surface area contributed by atoms with Gasteiger partial charge in [0.2, 0.25) is 0 Å². The summed E-state index contributed by atoms with van der Waals surface area (Å²) in [4.78, 5) is 16.2. The average molecular weight is 275 g/mol. The van der Waals surface area contributed by atoms with Gasteiger partial charge in [-0.15, -0.1) is 11.3 Å². The number of hydrogen-bond donors (Lipinski definition) is 1. The van der Waals surface area contributed by atoms with Crippen molar-refractivity contribution in [3.63, 3.8) is 0 Å². The van der Waals surface area contributed by atoms with Crippen LogP contribution in [0.4, 0.5) is 0 Å². The van der Waals surface area contributed by atoms with E-state index in [0.29, 0.717) is 10.6 Å². The van der Waals surface area contributed by atoms with Crippen LogP contribution >= 0.6 is 11.3 Å². The van der Waals surface area contributed by atoms with Crippen molar-refractivity contribution in [2.75, 3.05) is 0 Å². The van der Waals surface area contributed by atoms with Crippen LogP contribution in [0.1, 0.15) is 45.6 Å². The molecule has 0 amide bonds. The van der Waals surface area contributed by atoms with Crippen molar-refractivity contribution in [2.45, 2.75) is 33.6 Å². The Morgan fingerprint density at radius 1 is 1.26 bits per heavy atom. The fourth-order valence-corrected chi connectivity index (χ4v) is 2.74. The Kier molecular flexibility index (Phi) is 3.71. The van der Waals surface area contributed by atoms with Crippen LogP contribution < -0.4 is 0 Å². The molecule has 19 heavy (non-hydrogen) atoms. The first-order valence-electron chi connectivity index (χ1n) is 6.21. The number of carboxylic acid groups (broad SMARTS) is 1. The van der Waals surface area contributed by atoms with Gasteiger partial charge in [-0.05, 0) is 31.0 Å². The van der Waals surface area contributed by atoms with Gasteiger partial charge in [0.05, 0.1) is 10.7 Å². The van der Waals surface area contributed by atoms with Crippen LogP contribution in [0.3, 0.4) is 0 Å². The number of aromatic nitrogens is 1. The highest BCUT2D eigenvalue weighted by atomic mass is 32.1. The smallest absolute Gasteiger partial charge is 0.348 e. The van der Waals surface area contributed by atoms with Crippen molar-refractivity contribution in [3.8, 4) is 11.3 Å². The Morgan fingerprint density at radius 2 is 1.95 bits per heavy atom. The summed E-state index contributed by atoms with van der Waals surface area (Å²) in [6.07, 6.45) is 0. The fraction of sp³-hybridized carbons (Fsp3) is 0.333. The number of thiazole rings is 1. The summed E-state index contributed by atoms with van der Waals surface area (Å²) in [7, 11) is 0. The first-order chi connectivity index (χ1) is 8.90. The van der Waals surface area contributed by atoms with Gasteiger partial charge in [-0.2, -0.15) is 0 Å². The summed E-state index contributed by atoms with van der Waals surface area (Å²) in [5.41, 5.74) is 3.81. The van der Waals surface area contributed by atoms with Gasteiger partial charge in [0, 0.05) is 11.5 Å². The van der Waals surface area contributed by atoms with Crippen molar-refractivity contribution in [1.29, 1.82) is 0 Å². The van der Waals surface area contributed by atoms with Gasteiger partial charge < -0.3 is 5.11 Å². The summed E-state index contributed by atoms with van der Waals surface area (Å²) in [6, 6.07) is 5.94. The van der Waals surface area contributed by atoms with Crippen molar-refractivity contribution in [3.05, 3.63) is 39.2 Å². The van der Waals surface area contributed by atoms with Gasteiger partial charge in [0.1, 0.15) is 4.88 Å². The quantitative estimate of drug-likeness (QED) is 0.911. The van der Waals surface area contributed by atoms with Crippen LogP contribution in [0.5, 0.6) is 0 Å². The summed E-state index contributed by atoms with van der Waals surface area (Å²) in [5, 5.41) is 10.2. The standard InChI is InChI=1S/C15H17NO2S/c1-8(2)14-16-12(13(19-14)15(17)18)11-6-5-9(3)10(4)7-11/h5-8H,1-4H3,(H,17,18). The molecule has 3 nitrogen and oxygen atoms in total. The number of carboxylic acids is 1. The van der Waals surface area contributed by atoms with Gasteiger partial charge in [-0.25, -0.2) is 9.78 Å². The third kappa shape index (κ3) is 2.68. The summed E-state index contributed by atoms with van der Waals surface area (Å²) in [6.45, 7) is 8.11. The molecule has 4 heteroatoms. The molecule has 0 atom stereocenters. The predicted molar refractivity (Wildman–Crippen MR) is 78.1 cm³/mol. The molecule has 0 aliphatic rings. The number of hydrogen-bond acceptors (Lipinski definition) is 3. The molecule has 1 N–H and O–H groups in total. The Morgan fingerprint density at radius 3 is 2.47 bits per heavy atom. The Labute approximate surface area is 116 Å². The van der Waals surface area contributed by atoms with E-state index >= 15 is 0 Å². The lowest BCUT2D eigenvalue weighted by atomic mass is 10.0. The van der Waals surface area contributed by atoms with Crippen molar-refractivity contribution in [1.82, 2.24) is 4.98 Å². The molecule has 0 unspecified atom stereocenters. The van der Waals surface area contributed by atoms with E-state index in [4.69, 9.17) is 0 Å². The number of carbonyl (C=O) groups is 1. The molecule has 0 aliphatic heterocycles. The van der Waals surface area contributed by atoms with Gasteiger partial charge >= 0.3 is 5.97 Å². The normalized spacial score (nSPS) is 11.0. The lowest BCUT2D eigenvalue weighted by molar-refractivity contribution is 0.0702. The van der Waals surface area contributed by atoms with Crippen molar-refractivity contribution < 1.29 is 9.90 Å². The van der Waals surface area contributed by atoms with Crippen LogP contribution in [0.25, 0.3) is 11.3 Å². The van der Waals surface area contributed by atoms with E-state index in [0.717, 1.165) is 16.1 Å². The maximum Gasteiger partial charge on any atom is 0.348 e. The molecule has 2 aromatic rings. The minimum absolute atomic E-state index is 0.239. The highest BCUT2D eigenvalue weighted by Gasteiger charge is 2.20. The van der Waals surface area contributed by atoms with E-state index in [9.17, 15) is 9.90 Å². The second-order valence-corrected chi connectivity index (χ2v) is 6.02. The number of nitrogens with zero attached hydrogens (tertiary/aromatic N) is 1. The molecule has 0 fully saturated rings. The average Bonchev–Trinajstić information content (AvgIpc) is 2.78. The molecule has 100 valence electrons. The van der Waals surface area contributed by atoms with Crippen LogP contribution in [0.15, 0.2) is 18.2 Å². The molecule has 1 aromatic carbocycles. The molecule has 2 rings (SSSR count). The maximum atomic E-state index is 11.4. The molecule has 0 saturated heterocycles. The number of aromatic carboxylic acids is 1. The molecule has 1 aromatic heterocycles. The lowest BCUT2D eigenvalue weighted by Crippen LogP contribution is -1.96. The van der Waals surface area contributed by atoms with E-state index in [1.165, 1.54) is 16.9 Å². The van der Waals surface area contributed by atoms with E-state index in [1.54, 1.807) is 0 Å². The largest absolute Gasteiger partial charge is 0.477 e. The molecular weight excluding hydrogens is 258 g/mol. The van der Waals surface area contributed by atoms with Gasteiger partial charge in [-0.1, -0.05) is 26.0 Å². The number of rotatable bonds is 3. The molecule has 0 radical (unpaired) electrons. The summed E-state index contributed by atoms with van der Waals surface area (Å²) < 4.78 is 0. The number of aryl methyl sites for hydroxylation is 2. The van der Waals surface area contributed by atoms with E-state index in [2.05, 4.69) is 4.98 Å². The van der Waals surface area contributed by atoms with E-state index < -0.39 is 5.97 Å². The van der Waals surface area contributed by atoms with Crippen LogP contribution in [0, 0.1) is 13.8 Å². The maximum absolute atomic E-state index is 11.4. The van der Waals surface area contributed by atoms with Crippen LogP contribution in [-0.2, 0) is 0 Å². The molecule has 1 heterocycles. The highest BCUT2D eigenvalue weighted by Crippen LogP contribution is 2.32. The third-order valence-corrected chi connectivity index (χ3v) is 4.46. The van der Waals surface area contributed by atoms with E-state index in [-0.39, 0.29) is 5.92 Å². The summed E-state index contributed by atoms with van der Waals surface area (Å²) >= 11 is 1.27. The third-order valence-electron chi connectivity index (χ3n) is 3.11. The van der Waals surface area contributed by atoms with E-state index in [1.807, 2.05) is 45.9 Å². The Bertz CT molecular complexity index is 629. The van der Waals surface area contributed by atoms with Crippen molar-refractivity contribution >= 4 is 17.3 Å². The summed E-state index contributed by atoms with van der Waals surface area (Å²) in [5.74, 6) is -0.666. The molecular formula is C15H17NO2S. The zero-order valence-electron chi connectivity index (χ0n) is 11.5. The first kappa shape index (κ1) is 13.7. The second-order valence-electron chi connectivity index (χ2n) is 4.99. The second kappa shape index (κ2) is 5.13. The predicted octanol–water partition coefficient (Wildman–Crippen LogP) is 4.25. The molecule has 0 bridgehead atoms. The zero-order chi connectivity index (χ0) is 14.2. The monoisotopic (exact) mass is 275 g/mol. The fourth-order valence-electron chi connectivity index (χ4n) is 1.81. The van der Waals surface area contributed by atoms with Crippen molar-refractivity contribution in [2.24, 2.45) is 0 Å². The minimum atomic E-state index is -0.905. The minimum Gasteiger partial charge on any atom is -0.477 e. The first-order valence-corrected chi connectivity index (χ1v) is 7.03. The topological polar surface area (TPSA) is 50.2 Å². The van der Waals surface area contributed by atoms with Gasteiger partial charge in [0.25, 0.3) is 0 Å². The highest BCUT2D eigenvalue weighted by molar-refractivity contribution is 7.14. The van der Waals surface area contributed by atoms with Crippen LogP contribution in [-0.4, -0.2) is 16.1 Å². The molecule has 0 spiro atoms. The SMILES string of the molecule is Cc1ccc(-c2nc(C(C)C)sc2C(=O)O)cc1C. The molecule has 0 saturated carbocycles. The Balaban J connectivity index is 2.59. The number of benzene rings is 1. The van der Waals surface area contributed by atoms with Gasteiger partial charge in [-0.3, -0.25) is 0 Å². The molecule has 0 aliphatic carbocycles. The zero-order valence-corrected chi connectivity index (χ0v) is 12.3. The Hall–Kier alpha value is -1.68.